The summed E-state index contributed by atoms with van der Waals surface area (Å²) < 4.78 is 0. The molecule has 0 atom stereocenters. The van der Waals surface area contributed by atoms with E-state index in [9.17, 15) is 4.79 Å². The van der Waals surface area contributed by atoms with Crippen molar-refractivity contribution in [3.8, 4) is 0 Å². The molecule has 15 heavy (non-hydrogen) atoms. The summed E-state index contributed by atoms with van der Waals surface area (Å²) in [5.41, 5.74) is 1.97. The summed E-state index contributed by atoms with van der Waals surface area (Å²) in [7, 11) is 0. The third-order valence-electron chi connectivity index (χ3n) is 3.51. The van der Waals surface area contributed by atoms with E-state index < -0.39 is 0 Å². The molecule has 0 amide bonds. The maximum atomic E-state index is 12.3. The Morgan fingerprint density at radius 1 is 1.07 bits per heavy atom. The zero-order valence-corrected chi connectivity index (χ0v) is 9.92. The van der Waals surface area contributed by atoms with Gasteiger partial charge < -0.3 is 0 Å². The van der Waals surface area contributed by atoms with Crippen LogP contribution in [0, 0.1) is 5.41 Å². The van der Waals surface area contributed by atoms with E-state index in [4.69, 9.17) is 0 Å². The lowest BCUT2D eigenvalue weighted by Crippen LogP contribution is -2.45. The fourth-order valence-electron chi connectivity index (χ4n) is 2.81. The minimum Gasteiger partial charge on any atom is -0.298 e. The molecule has 0 aromatic heterocycles. The van der Waals surface area contributed by atoms with E-state index in [0.29, 0.717) is 5.78 Å². The fraction of sp³-hybridized carbons (Fsp3) is 0.500. The molecule has 1 aromatic carbocycles. The first kappa shape index (κ1) is 10.4. The maximum absolute atomic E-state index is 12.3. The Kier molecular flexibility index (Phi) is 2.04. The van der Waals surface area contributed by atoms with Crippen LogP contribution in [0.1, 0.15) is 38.8 Å². The van der Waals surface area contributed by atoms with Gasteiger partial charge in [0.05, 0.1) is 0 Å². The largest absolute Gasteiger partial charge is 0.298 e. The second-order valence-corrected chi connectivity index (χ2v) is 5.67. The first-order chi connectivity index (χ1) is 6.86. The number of benzene rings is 1. The van der Waals surface area contributed by atoms with Crippen LogP contribution in [0.25, 0.3) is 0 Å². The van der Waals surface area contributed by atoms with Gasteiger partial charge in [0.15, 0.2) is 0 Å². The number of rotatable bonds is 0. The Morgan fingerprint density at radius 2 is 1.67 bits per heavy atom. The van der Waals surface area contributed by atoms with Crippen molar-refractivity contribution in [2.45, 2.75) is 39.5 Å². The van der Waals surface area contributed by atoms with Crippen LogP contribution >= 0.6 is 0 Å². The lowest BCUT2D eigenvalue weighted by atomic mass is 9.61. The Balaban J connectivity index is 2.64. The average Bonchev–Trinajstić information content (AvgIpc) is 2.15. The predicted octanol–water partition coefficient (Wildman–Crippen LogP) is 3.12. The number of carbonyl (C=O) groups excluding carboxylic acids is 1. The molecule has 0 aliphatic heterocycles. The van der Waals surface area contributed by atoms with Crippen LogP contribution in [0.5, 0.6) is 0 Å². The van der Waals surface area contributed by atoms with Crippen LogP contribution in [-0.2, 0) is 16.6 Å². The van der Waals surface area contributed by atoms with Gasteiger partial charge in [0.2, 0.25) is 0 Å². The molecule has 0 spiro atoms. The molecule has 0 unspecified atom stereocenters. The van der Waals surface area contributed by atoms with E-state index in [-0.39, 0.29) is 10.8 Å². The molecular formula is C14H18O. The molecule has 0 fully saturated rings. The van der Waals surface area contributed by atoms with E-state index in [1.54, 1.807) is 0 Å². The fourth-order valence-corrected chi connectivity index (χ4v) is 2.81. The van der Waals surface area contributed by atoms with Gasteiger partial charge in [-0.05, 0) is 31.4 Å². The summed E-state index contributed by atoms with van der Waals surface area (Å²) in [6, 6.07) is 8.31. The SMILES string of the molecule is CC1(C)Cc2ccccc2C(C)(C)C1=O. The van der Waals surface area contributed by atoms with E-state index in [2.05, 4.69) is 18.2 Å². The van der Waals surface area contributed by atoms with E-state index in [0.717, 1.165) is 6.42 Å². The van der Waals surface area contributed by atoms with Crippen molar-refractivity contribution in [3.05, 3.63) is 35.4 Å². The van der Waals surface area contributed by atoms with Crippen LogP contribution in [0.3, 0.4) is 0 Å². The number of hydrogen-bond acceptors (Lipinski definition) is 1. The molecule has 0 radical (unpaired) electrons. The Bertz CT molecular complexity index is 413. The van der Waals surface area contributed by atoms with Gasteiger partial charge in [-0.2, -0.15) is 0 Å². The first-order valence-corrected chi connectivity index (χ1v) is 5.49. The second kappa shape index (κ2) is 2.94. The average molecular weight is 202 g/mol. The van der Waals surface area contributed by atoms with Crippen molar-refractivity contribution >= 4 is 5.78 Å². The molecule has 1 aliphatic carbocycles. The van der Waals surface area contributed by atoms with Crippen molar-refractivity contribution in [2.75, 3.05) is 0 Å². The molecular weight excluding hydrogens is 184 g/mol. The number of carbonyl (C=O) groups is 1. The lowest BCUT2D eigenvalue weighted by molar-refractivity contribution is -0.132. The summed E-state index contributed by atoms with van der Waals surface area (Å²) in [6.07, 6.45) is 0.867. The van der Waals surface area contributed by atoms with Gasteiger partial charge in [-0.25, -0.2) is 0 Å². The minimum atomic E-state index is -0.335. The molecule has 0 N–H and O–H groups in total. The number of ketones is 1. The van der Waals surface area contributed by atoms with Gasteiger partial charge in [0.25, 0.3) is 0 Å². The van der Waals surface area contributed by atoms with Gasteiger partial charge in [0, 0.05) is 10.8 Å². The molecule has 80 valence electrons. The van der Waals surface area contributed by atoms with E-state index >= 15 is 0 Å². The first-order valence-electron chi connectivity index (χ1n) is 5.49. The molecule has 0 heterocycles. The second-order valence-electron chi connectivity index (χ2n) is 5.67. The van der Waals surface area contributed by atoms with Crippen LogP contribution in [0.2, 0.25) is 0 Å². The molecule has 1 aromatic rings. The van der Waals surface area contributed by atoms with Crippen molar-refractivity contribution in [2.24, 2.45) is 5.41 Å². The van der Waals surface area contributed by atoms with Crippen molar-refractivity contribution in [3.63, 3.8) is 0 Å². The highest BCUT2D eigenvalue weighted by Gasteiger charge is 2.45. The van der Waals surface area contributed by atoms with Gasteiger partial charge >= 0.3 is 0 Å². The number of fused-ring (bicyclic) bond motifs is 1. The van der Waals surface area contributed by atoms with Gasteiger partial charge in [-0.3, -0.25) is 4.79 Å². The summed E-state index contributed by atoms with van der Waals surface area (Å²) in [5.74, 6) is 0.355. The molecule has 1 nitrogen and oxygen atoms in total. The van der Waals surface area contributed by atoms with Gasteiger partial charge in [-0.15, -0.1) is 0 Å². The third kappa shape index (κ3) is 1.41. The van der Waals surface area contributed by atoms with E-state index in [1.165, 1.54) is 11.1 Å². The number of Topliss-reactive ketones (excluding diaryl/α,β-unsaturated/α-hetero) is 1. The van der Waals surface area contributed by atoms with Crippen LogP contribution in [-0.4, -0.2) is 5.78 Å². The Morgan fingerprint density at radius 3 is 2.33 bits per heavy atom. The molecule has 0 bridgehead atoms. The summed E-state index contributed by atoms with van der Waals surface area (Å²) in [6.45, 7) is 8.17. The molecule has 0 saturated carbocycles. The highest BCUT2D eigenvalue weighted by Crippen LogP contribution is 2.42. The van der Waals surface area contributed by atoms with Gasteiger partial charge in [-0.1, -0.05) is 38.1 Å². The van der Waals surface area contributed by atoms with Crippen LogP contribution in [0.4, 0.5) is 0 Å². The smallest absolute Gasteiger partial charge is 0.148 e. The normalized spacial score (nSPS) is 22.3. The Labute approximate surface area is 91.5 Å². The summed E-state index contributed by atoms with van der Waals surface area (Å²) >= 11 is 0. The predicted molar refractivity (Wildman–Crippen MR) is 62.0 cm³/mol. The quantitative estimate of drug-likeness (QED) is 0.631. The molecule has 0 saturated heterocycles. The number of hydrogen-bond donors (Lipinski definition) is 0. The lowest BCUT2D eigenvalue weighted by Gasteiger charge is -2.40. The van der Waals surface area contributed by atoms with Crippen molar-refractivity contribution in [1.29, 1.82) is 0 Å². The van der Waals surface area contributed by atoms with Crippen molar-refractivity contribution < 1.29 is 4.79 Å². The zero-order chi connectivity index (χ0) is 11.3. The highest BCUT2D eigenvalue weighted by atomic mass is 16.1. The Hall–Kier alpha value is -1.11. The van der Waals surface area contributed by atoms with Crippen LogP contribution in [0.15, 0.2) is 24.3 Å². The summed E-state index contributed by atoms with van der Waals surface area (Å²) in [5, 5.41) is 0. The summed E-state index contributed by atoms with van der Waals surface area (Å²) in [4.78, 5) is 12.3. The highest BCUT2D eigenvalue weighted by molar-refractivity contribution is 5.95. The topological polar surface area (TPSA) is 17.1 Å². The molecule has 1 heteroatoms. The van der Waals surface area contributed by atoms with Crippen LogP contribution < -0.4 is 0 Å². The zero-order valence-electron chi connectivity index (χ0n) is 9.92. The molecule has 1 aliphatic rings. The maximum Gasteiger partial charge on any atom is 0.148 e. The van der Waals surface area contributed by atoms with Crippen molar-refractivity contribution in [1.82, 2.24) is 0 Å². The third-order valence-corrected chi connectivity index (χ3v) is 3.51. The monoisotopic (exact) mass is 202 g/mol. The van der Waals surface area contributed by atoms with E-state index in [1.807, 2.05) is 33.8 Å². The standard InChI is InChI=1S/C14H18O/c1-13(2)9-10-7-5-6-8-11(10)14(3,4)12(13)15/h5-8H,9H2,1-4H3. The minimum absolute atomic E-state index is 0.224. The van der Waals surface area contributed by atoms with Gasteiger partial charge in [0.1, 0.15) is 5.78 Å². The molecule has 2 rings (SSSR count).